The Bertz CT molecular complexity index is 484. The van der Waals surface area contributed by atoms with Gasteiger partial charge in [-0.3, -0.25) is 10.1 Å². The van der Waals surface area contributed by atoms with E-state index in [1.807, 2.05) is 30.3 Å². The van der Waals surface area contributed by atoms with E-state index in [2.05, 4.69) is 0 Å². The van der Waals surface area contributed by atoms with Crippen LogP contribution in [0.15, 0.2) is 36.4 Å². The molecule has 20 heavy (non-hydrogen) atoms. The number of hydrogen-bond acceptors (Lipinski definition) is 4. The Morgan fingerprint density at radius 3 is 2.50 bits per heavy atom. The molecule has 1 aromatic rings. The fraction of sp³-hybridized carbons (Fsp3) is 0.400. The largest absolute Gasteiger partial charge is 0.461 e. The fourth-order valence-electron chi connectivity index (χ4n) is 1.87. The number of carbonyl (C=O) groups excluding carboxylic acids is 1. The number of benzene rings is 1. The Morgan fingerprint density at radius 1 is 1.35 bits per heavy atom. The van der Waals surface area contributed by atoms with Gasteiger partial charge in [0, 0.05) is 17.8 Å². The predicted octanol–water partition coefficient (Wildman–Crippen LogP) is 3.08. The molecule has 0 aliphatic heterocycles. The number of nitrogens with zero attached hydrogens (tertiary/aromatic N) is 1. The van der Waals surface area contributed by atoms with Crippen molar-refractivity contribution >= 4 is 12.0 Å². The third kappa shape index (κ3) is 3.66. The summed E-state index contributed by atoms with van der Waals surface area (Å²) in [6.07, 6.45) is 3.54. The van der Waals surface area contributed by atoms with Crippen LogP contribution in [-0.4, -0.2) is 23.0 Å². The first-order valence-electron chi connectivity index (χ1n) is 6.60. The van der Waals surface area contributed by atoms with Crippen LogP contribution in [0.1, 0.15) is 32.3 Å². The van der Waals surface area contributed by atoms with Gasteiger partial charge in [0.15, 0.2) is 0 Å². The molecule has 108 valence electrons. The topological polar surface area (TPSA) is 69.4 Å². The summed E-state index contributed by atoms with van der Waals surface area (Å²) >= 11 is 0. The minimum Gasteiger partial charge on any atom is -0.461 e. The zero-order chi connectivity index (χ0) is 15.0. The van der Waals surface area contributed by atoms with E-state index < -0.39 is 16.4 Å². The molecule has 0 aliphatic rings. The van der Waals surface area contributed by atoms with Crippen molar-refractivity contribution in [1.29, 1.82) is 0 Å². The first kappa shape index (κ1) is 15.9. The Morgan fingerprint density at radius 2 is 2.00 bits per heavy atom. The second kappa shape index (κ2) is 7.43. The summed E-state index contributed by atoms with van der Waals surface area (Å²) in [6.45, 7) is 3.39. The molecule has 0 saturated carbocycles. The molecule has 0 aromatic heterocycles. The Labute approximate surface area is 118 Å². The highest BCUT2D eigenvalue weighted by Crippen LogP contribution is 2.23. The molecule has 0 fully saturated rings. The molecule has 1 aromatic carbocycles. The Balaban J connectivity index is 2.88. The number of esters is 1. The van der Waals surface area contributed by atoms with E-state index in [0.717, 1.165) is 5.56 Å². The van der Waals surface area contributed by atoms with Gasteiger partial charge in [-0.2, -0.15) is 0 Å². The maximum Gasteiger partial charge on any atom is 0.385 e. The molecule has 1 unspecified atom stereocenters. The number of ether oxygens (including phenoxy) is 1. The molecule has 0 aliphatic carbocycles. The minimum absolute atomic E-state index is 0.0181. The van der Waals surface area contributed by atoms with Gasteiger partial charge in [0.2, 0.25) is 0 Å². The van der Waals surface area contributed by atoms with Crippen LogP contribution in [0.3, 0.4) is 0 Å². The van der Waals surface area contributed by atoms with Crippen molar-refractivity contribution in [2.24, 2.45) is 0 Å². The van der Waals surface area contributed by atoms with Crippen LogP contribution in [0.5, 0.6) is 0 Å². The lowest BCUT2D eigenvalue weighted by Gasteiger charge is -2.20. The van der Waals surface area contributed by atoms with Gasteiger partial charge in [0.1, 0.15) is 0 Å². The van der Waals surface area contributed by atoms with Crippen molar-refractivity contribution in [1.82, 2.24) is 0 Å². The summed E-state index contributed by atoms with van der Waals surface area (Å²) in [5.74, 6) is -0.773. The maximum atomic E-state index is 11.9. The van der Waals surface area contributed by atoms with E-state index in [1.54, 1.807) is 26.0 Å². The van der Waals surface area contributed by atoms with E-state index >= 15 is 0 Å². The van der Waals surface area contributed by atoms with Crippen LogP contribution >= 0.6 is 0 Å². The standard InChI is InChI=1S/C15H19NO4/c1-3-15(16(18)19,14(17)20-4-2)12-8-11-13-9-6-5-7-10-13/h5-11H,3-4,12H2,1-2H3/b11-8+. The third-order valence-electron chi connectivity index (χ3n) is 3.16. The summed E-state index contributed by atoms with van der Waals surface area (Å²) in [6, 6.07) is 9.43. The zero-order valence-electron chi connectivity index (χ0n) is 11.7. The Kier molecular flexibility index (Phi) is 5.90. The zero-order valence-corrected chi connectivity index (χ0v) is 11.7. The van der Waals surface area contributed by atoms with Crippen LogP contribution < -0.4 is 0 Å². The number of carbonyl (C=O) groups is 1. The second-order valence-electron chi connectivity index (χ2n) is 4.38. The van der Waals surface area contributed by atoms with Crippen molar-refractivity contribution in [2.75, 3.05) is 6.61 Å². The number of rotatable bonds is 7. The third-order valence-corrected chi connectivity index (χ3v) is 3.16. The Hall–Kier alpha value is -2.17. The van der Waals surface area contributed by atoms with Gasteiger partial charge in [-0.05, 0) is 12.5 Å². The van der Waals surface area contributed by atoms with Crippen LogP contribution in [0.2, 0.25) is 0 Å². The molecule has 0 bridgehead atoms. The lowest BCUT2D eigenvalue weighted by atomic mass is 9.92. The average molecular weight is 277 g/mol. The van der Waals surface area contributed by atoms with Crippen molar-refractivity contribution in [3.63, 3.8) is 0 Å². The molecule has 0 heterocycles. The van der Waals surface area contributed by atoms with Crippen LogP contribution in [0.25, 0.3) is 6.08 Å². The number of hydrogen-bond donors (Lipinski definition) is 0. The molecule has 0 radical (unpaired) electrons. The molecule has 1 rings (SSSR count). The van der Waals surface area contributed by atoms with Crippen molar-refractivity contribution in [3.05, 3.63) is 52.1 Å². The van der Waals surface area contributed by atoms with Crippen molar-refractivity contribution < 1.29 is 14.5 Å². The smallest absolute Gasteiger partial charge is 0.385 e. The summed E-state index contributed by atoms with van der Waals surface area (Å²) in [5.41, 5.74) is -0.758. The highest BCUT2D eigenvalue weighted by atomic mass is 16.6. The quantitative estimate of drug-likeness (QED) is 0.436. The maximum absolute atomic E-state index is 11.9. The lowest BCUT2D eigenvalue weighted by Crippen LogP contribution is -2.46. The minimum atomic E-state index is -1.69. The van der Waals surface area contributed by atoms with Gasteiger partial charge in [0.05, 0.1) is 6.61 Å². The van der Waals surface area contributed by atoms with E-state index in [4.69, 9.17) is 4.74 Å². The van der Waals surface area contributed by atoms with E-state index in [9.17, 15) is 14.9 Å². The first-order chi connectivity index (χ1) is 9.56. The lowest BCUT2D eigenvalue weighted by molar-refractivity contribution is -0.555. The van der Waals surface area contributed by atoms with E-state index in [0.29, 0.717) is 0 Å². The highest BCUT2D eigenvalue weighted by molar-refractivity contribution is 5.79. The normalized spacial score (nSPS) is 13.9. The van der Waals surface area contributed by atoms with Gasteiger partial charge in [0.25, 0.3) is 0 Å². The van der Waals surface area contributed by atoms with Crippen molar-refractivity contribution in [2.45, 2.75) is 32.2 Å². The van der Waals surface area contributed by atoms with Crippen LogP contribution in [-0.2, 0) is 9.53 Å². The summed E-state index contributed by atoms with van der Waals surface area (Å²) in [5, 5.41) is 11.3. The second-order valence-corrected chi connectivity index (χ2v) is 4.38. The number of nitro groups is 1. The highest BCUT2D eigenvalue weighted by Gasteiger charge is 2.49. The summed E-state index contributed by atoms with van der Waals surface area (Å²) < 4.78 is 4.85. The molecule has 0 N–H and O–H groups in total. The van der Waals surface area contributed by atoms with E-state index in [1.165, 1.54) is 0 Å². The van der Waals surface area contributed by atoms with Crippen LogP contribution in [0.4, 0.5) is 0 Å². The van der Waals surface area contributed by atoms with Gasteiger partial charge in [-0.15, -0.1) is 0 Å². The first-order valence-corrected chi connectivity index (χ1v) is 6.60. The average Bonchev–Trinajstić information content (AvgIpc) is 2.44. The van der Waals surface area contributed by atoms with E-state index in [-0.39, 0.29) is 19.4 Å². The van der Waals surface area contributed by atoms with Gasteiger partial charge in [-0.1, -0.05) is 49.4 Å². The monoisotopic (exact) mass is 277 g/mol. The summed E-state index contributed by atoms with van der Waals surface area (Å²) in [4.78, 5) is 22.6. The molecule has 5 heteroatoms. The molecule has 0 saturated heterocycles. The van der Waals surface area contributed by atoms with Crippen LogP contribution in [0, 0.1) is 10.1 Å². The summed E-state index contributed by atoms with van der Waals surface area (Å²) in [7, 11) is 0. The van der Waals surface area contributed by atoms with Gasteiger partial charge >= 0.3 is 11.5 Å². The molecule has 5 nitrogen and oxygen atoms in total. The molecular formula is C15H19NO4. The van der Waals surface area contributed by atoms with Gasteiger partial charge in [-0.25, -0.2) is 4.79 Å². The predicted molar refractivity (Wildman–Crippen MR) is 76.7 cm³/mol. The van der Waals surface area contributed by atoms with Crippen molar-refractivity contribution in [3.8, 4) is 0 Å². The van der Waals surface area contributed by atoms with Gasteiger partial charge < -0.3 is 4.74 Å². The molecule has 0 spiro atoms. The molecule has 1 atom stereocenters. The molecule has 0 amide bonds. The molecular weight excluding hydrogens is 258 g/mol. The fourth-order valence-corrected chi connectivity index (χ4v) is 1.87. The SMILES string of the molecule is CCOC(=O)C(CC)(C/C=C/c1ccccc1)[N+](=O)[O-].